The SMILES string of the molecule is COC(=O)c1ccc2c(C3CC3)[nH]nc2n1. The fourth-order valence-electron chi connectivity index (χ4n) is 1.82. The van der Waals surface area contributed by atoms with Crippen molar-refractivity contribution in [1.29, 1.82) is 0 Å². The first kappa shape index (κ1) is 9.33. The molecular formula is C11H11N3O2. The number of aromatic amines is 1. The molecule has 2 aromatic heterocycles. The second-order valence-corrected chi connectivity index (χ2v) is 3.97. The Balaban J connectivity index is 2.09. The summed E-state index contributed by atoms with van der Waals surface area (Å²) in [6.07, 6.45) is 2.41. The number of carbonyl (C=O) groups excluding carboxylic acids is 1. The highest BCUT2D eigenvalue weighted by Crippen LogP contribution is 2.41. The molecule has 1 N–H and O–H groups in total. The molecule has 1 fully saturated rings. The number of fused-ring (bicyclic) bond motifs is 1. The van der Waals surface area contributed by atoms with Crippen LogP contribution in [0.1, 0.15) is 34.9 Å². The van der Waals surface area contributed by atoms with Crippen LogP contribution in [0.25, 0.3) is 11.0 Å². The number of methoxy groups -OCH3 is 1. The summed E-state index contributed by atoms with van der Waals surface area (Å²) in [6.45, 7) is 0. The molecule has 0 bridgehead atoms. The zero-order chi connectivity index (χ0) is 11.1. The summed E-state index contributed by atoms with van der Waals surface area (Å²) in [5, 5.41) is 8.12. The molecule has 1 aliphatic carbocycles. The number of nitrogens with one attached hydrogen (secondary N) is 1. The molecule has 5 nitrogen and oxygen atoms in total. The molecule has 0 amide bonds. The van der Waals surface area contributed by atoms with Crippen molar-refractivity contribution in [3.05, 3.63) is 23.5 Å². The summed E-state index contributed by atoms with van der Waals surface area (Å²) in [5.74, 6) is 0.161. The molecular weight excluding hydrogens is 206 g/mol. The highest BCUT2D eigenvalue weighted by molar-refractivity contribution is 5.90. The van der Waals surface area contributed by atoms with Crippen LogP contribution in [0, 0.1) is 0 Å². The van der Waals surface area contributed by atoms with E-state index in [4.69, 9.17) is 0 Å². The summed E-state index contributed by atoms with van der Waals surface area (Å²) in [5.41, 5.74) is 2.02. The molecule has 2 aromatic rings. The molecule has 16 heavy (non-hydrogen) atoms. The molecule has 0 aromatic carbocycles. The van der Waals surface area contributed by atoms with Crippen LogP contribution in [-0.4, -0.2) is 28.3 Å². The van der Waals surface area contributed by atoms with Crippen LogP contribution in [0.5, 0.6) is 0 Å². The van der Waals surface area contributed by atoms with Gasteiger partial charge in [-0.3, -0.25) is 5.10 Å². The molecule has 2 heterocycles. The standard InChI is InChI=1S/C11H11N3O2/c1-16-11(15)8-5-4-7-9(6-2-3-6)13-14-10(7)12-8/h4-6H,2-3H2,1H3,(H,12,13,14). The van der Waals surface area contributed by atoms with Gasteiger partial charge in [0, 0.05) is 17.0 Å². The van der Waals surface area contributed by atoms with Crippen molar-refractivity contribution in [1.82, 2.24) is 15.2 Å². The Morgan fingerprint density at radius 1 is 1.50 bits per heavy atom. The van der Waals surface area contributed by atoms with Crippen molar-refractivity contribution >= 4 is 17.0 Å². The average molecular weight is 217 g/mol. The quantitative estimate of drug-likeness (QED) is 0.776. The van der Waals surface area contributed by atoms with Crippen LogP contribution < -0.4 is 0 Å². The number of ether oxygens (including phenoxy) is 1. The third kappa shape index (κ3) is 1.36. The predicted octanol–water partition coefficient (Wildman–Crippen LogP) is 1.62. The summed E-state index contributed by atoms with van der Waals surface area (Å²) < 4.78 is 4.61. The molecule has 82 valence electrons. The van der Waals surface area contributed by atoms with Gasteiger partial charge in [-0.05, 0) is 25.0 Å². The van der Waals surface area contributed by atoms with E-state index in [0.29, 0.717) is 17.3 Å². The normalized spacial score (nSPS) is 15.3. The fourth-order valence-corrected chi connectivity index (χ4v) is 1.82. The van der Waals surface area contributed by atoms with E-state index in [1.54, 1.807) is 6.07 Å². The number of carbonyl (C=O) groups is 1. The minimum absolute atomic E-state index is 0.295. The Labute approximate surface area is 91.8 Å². The van der Waals surface area contributed by atoms with Crippen LogP contribution in [0.3, 0.4) is 0 Å². The van der Waals surface area contributed by atoms with Crippen molar-refractivity contribution in [2.75, 3.05) is 7.11 Å². The van der Waals surface area contributed by atoms with E-state index in [9.17, 15) is 4.79 Å². The van der Waals surface area contributed by atoms with Gasteiger partial charge in [-0.25, -0.2) is 9.78 Å². The van der Waals surface area contributed by atoms with Gasteiger partial charge in [0.2, 0.25) is 0 Å². The Bertz CT molecular complexity index is 557. The van der Waals surface area contributed by atoms with E-state index >= 15 is 0 Å². The van der Waals surface area contributed by atoms with E-state index in [0.717, 1.165) is 11.1 Å². The number of rotatable bonds is 2. The van der Waals surface area contributed by atoms with Crippen LogP contribution in [0.4, 0.5) is 0 Å². The zero-order valence-electron chi connectivity index (χ0n) is 8.86. The maximum absolute atomic E-state index is 11.3. The van der Waals surface area contributed by atoms with E-state index in [1.165, 1.54) is 20.0 Å². The zero-order valence-corrected chi connectivity index (χ0v) is 8.86. The number of hydrogen-bond acceptors (Lipinski definition) is 4. The van der Waals surface area contributed by atoms with E-state index in [2.05, 4.69) is 19.9 Å². The van der Waals surface area contributed by atoms with E-state index < -0.39 is 5.97 Å². The molecule has 0 spiro atoms. The number of H-pyrrole nitrogens is 1. The van der Waals surface area contributed by atoms with Gasteiger partial charge < -0.3 is 4.74 Å². The van der Waals surface area contributed by atoms with Crippen LogP contribution in [-0.2, 0) is 4.74 Å². The highest BCUT2D eigenvalue weighted by atomic mass is 16.5. The minimum atomic E-state index is -0.433. The van der Waals surface area contributed by atoms with Crippen LogP contribution in [0.15, 0.2) is 12.1 Å². The lowest BCUT2D eigenvalue weighted by atomic mass is 10.2. The van der Waals surface area contributed by atoms with Crippen molar-refractivity contribution in [3.63, 3.8) is 0 Å². The minimum Gasteiger partial charge on any atom is -0.464 e. The first-order valence-corrected chi connectivity index (χ1v) is 5.23. The Hall–Kier alpha value is -1.91. The Morgan fingerprint density at radius 2 is 2.31 bits per heavy atom. The van der Waals surface area contributed by atoms with Crippen molar-refractivity contribution < 1.29 is 9.53 Å². The predicted molar refractivity (Wildman–Crippen MR) is 57.2 cm³/mol. The van der Waals surface area contributed by atoms with Crippen LogP contribution >= 0.6 is 0 Å². The topological polar surface area (TPSA) is 67.9 Å². The van der Waals surface area contributed by atoms with Gasteiger partial charge in [0.05, 0.1) is 7.11 Å². The lowest BCUT2D eigenvalue weighted by molar-refractivity contribution is 0.0594. The highest BCUT2D eigenvalue weighted by Gasteiger charge is 2.27. The van der Waals surface area contributed by atoms with Gasteiger partial charge in [-0.2, -0.15) is 5.10 Å². The second-order valence-electron chi connectivity index (χ2n) is 3.97. The monoisotopic (exact) mass is 217 g/mol. The molecule has 5 heteroatoms. The third-order valence-corrected chi connectivity index (χ3v) is 2.83. The largest absolute Gasteiger partial charge is 0.464 e. The lowest BCUT2D eigenvalue weighted by Crippen LogP contribution is -2.03. The Morgan fingerprint density at radius 3 is 3.00 bits per heavy atom. The number of aromatic nitrogens is 3. The number of hydrogen-bond donors (Lipinski definition) is 1. The molecule has 0 saturated heterocycles. The third-order valence-electron chi connectivity index (χ3n) is 2.83. The van der Waals surface area contributed by atoms with Gasteiger partial charge in [-0.15, -0.1) is 0 Å². The molecule has 0 unspecified atom stereocenters. The van der Waals surface area contributed by atoms with Crippen LogP contribution in [0.2, 0.25) is 0 Å². The van der Waals surface area contributed by atoms with E-state index in [1.807, 2.05) is 6.07 Å². The van der Waals surface area contributed by atoms with Gasteiger partial charge in [0.25, 0.3) is 0 Å². The molecule has 0 radical (unpaired) electrons. The first-order valence-electron chi connectivity index (χ1n) is 5.23. The summed E-state index contributed by atoms with van der Waals surface area (Å²) in [6, 6.07) is 3.56. The number of nitrogens with zero attached hydrogens (tertiary/aromatic N) is 2. The van der Waals surface area contributed by atoms with E-state index in [-0.39, 0.29) is 0 Å². The average Bonchev–Trinajstić information content (AvgIpc) is 3.08. The summed E-state index contributed by atoms with van der Waals surface area (Å²) in [7, 11) is 1.34. The van der Waals surface area contributed by atoms with Crippen molar-refractivity contribution in [2.24, 2.45) is 0 Å². The van der Waals surface area contributed by atoms with Crippen molar-refractivity contribution in [2.45, 2.75) is 18.8 Å². The Kier molecular flexibility index (Phi) is 1.92. The molecule has 1 aliphatic rings. The fraction of sp³-hybridized carbons (Fsp3) is 0.364. The first-order chi connectivity index (χ1) is 7.79. The summed E-state index contributed by atoms with van der Waals surface area (Å²) in [4.78, 5) is 15.4. The maximum atomic E-state index is 11.3. The molecule has 3 rings (SSSR count). The lowest BCUT2D eigenvalue weighted by Gasteiger charge is -1.97. The number of pyridine rings is 1. The molecule has 0 aliphatic heterocycles. The number of esters is 1. The summed E-state index contributed by atoms with van der Waals surface area (Å²) >= 11 is 0. The van der Waals surface area contributed by atoms with Gasteiger partial charge in [-0.1, -0.05) is 0 Å². The molecule has 0 atom stereocenters. The maximum Gasteiger partial charge on any atom is 0.356 e. The van der Waals surface area contributed by atoms with Gasteiger partial charge >= 0.3 is 5.97 Å². The van der Waals surface area contributed by atoms with Crippen molar-refractivity contribution in [3.8, 4) is 0 Å². The second kappa shape index (κ2) is 3.30. The van der Waals surface area contributed by atoms with Gasteiger partial charge in [0.1, 0.15) is 0 Å². The molecule has 1 saturated carbocycles. The van der Waals surface area contributed by atoms with Gasteiger partial charge in [0.15, 0.2) is 11.3 Å². The smallest absolute Gasteiger partial charge is 0.356 e.